The third-order valence-corrected chi connectivity index (χ3v) is 13.4. The molecule has 3 unspecified atom stereocenters. The number of hydrogen-bond acceptors (Lipinski definition) is 10. The van der Waals surface area contributed by atoms with Gasteiger partial charge in [-0.05, 0) is 116 Å². The number of allylic oxidation sites excluding steroid dienone is 16. The molecular weight excluding hydrogens is 976 g/mol. The minimum absolute atomic E-state index is 0.152. The Balaban J connectivity index is 4.78. The van der Waals surface area contributed by atoms with E-state index in [1.807, 2.05) is 0 Å². The molecule has 0 bridgehead atoms. The Bertz CT molecular complexity index is 1640. The van der Waals surface area contributed by atoms with Crippen molar-refractivity contribution in [1.82, 2.24) is 0 Å². The van der Waals surface area contributed by atoms with E-state index in [9.17, 15) is 28.9 Å². The van der Waals surface area contributed by atoms with Crippen LogP contribution in [-0.4, -0.2) is 66.5 Å². The largest absolute Gasteiger partial charge is 0.472 e. The fourth-order valence-electron chi connectivity index (χ4n) is 7.94. The first-order chi connectivity index (χ1) is 37.2. The Labute approximate surface area is 463 Å². The van der Waals surface area contributed by atoms with Crippen LogP contribution in [0.15, 0.2) is 97.2 Å². The zero-order valence-corrected chi connectivity index (χ0v) is 49.1. The van der Waals surface area contributed by atoms with Crippen molar-refractivity contribution in [2.24, 2.45) is 0 Å². The van der Waals surface area contributed by atoms with Gasteiger partial charge in [0.1, 0.15) is 12.7 Å². The van der Waals surface area contributed by atoms with Gasteiger partial charge in [-0.25, -0.2) is 4.57 Å². The van der Waals surface area contributed by atoms with Gasteiger partial charge in [0.05, 0.1) is 19.8 Å². The van der Waals surface area contributed by atoms with E-state index in [1.54, 1.807) is 0 Å². The van der Waals surface area contributed by atoms with Crippen LogP contribution in [-0.2, 0) is 42.2 Å². The van der Waals surface area contributed by atoms with Crippen molar-refractivity contribution >= 4 is 25.7 Å². The van der Waals surface area contributed by atoms with Crippen LogP contribution in [0.2, 0.25) is 0 Å². The highest BCUT2D eigenvalue weighted by atomic mass is 31.2. The average Bonchev–Trinajstić information content (AvgIpc) is 3.41. The van der Waals surface area contributed by atoms with Crippen molar-refractivity contribution in [3.63, 3.8) is 0 Å². The van der Waals surface area contributed by atoms with Crippen molar-refractivity contribution in [1.29, 1.82) is 0 Å². The molecule has 0 aromatic heterocycles. The molecule has 0 heterocycles. The highest BCUT2D eigenvalue weighted by molar-refractivity contribution is 7.47. The summed E-state index contributed by atoms with van der Waals surface area (Å²) in [7, 11) is -4.77. The van der Waals surface area contributed by atoms with Crippen LogP contribution in [0.3, 0.4) is 0 Å². The van der Waals surface area contributed by atoms with Crippen LogP contribution in [0.4, 0.5) is 0 Å². The van der Waals surface area contributed by atoms with E-state index in [0.717, 1.165) is 135 Å². The molecule has 0 amide bonds. The first kappa shape index (κ1) is 72.4. The predicted octanol–water partition coefficient (Wildman–Crippen LogP) is 18.0. The summed E-state index contributed by atoms with van der Waals surface area (Å²) in [4.78, 5) is 48.6. The van der Waals surface area contributed by atoms with Crippen molar-refractivity contribution in [3.8, 4) is 0 Å². The maximum Gasteiger partial charge on any atom is 0.472 e. The van der Waals surface area contributed by atoms with Crippen molar-refractivity contribution in [2.45, 2.75) is 264 Å². The lowest BCUT2D eigenvalue weighted by Gasteiger charge is -2.21. The maximum absolute atomic E-state index is 12.9. The first-order valence-corrected chi connectivity index (χ1v) is 31.6. The molecule has 12 heteroatoms. The third kappa shape index (κ3) is 55.2. The topological polar surface area (TPSA) is 155 Å². The monoisotopic (exact) mass is 1080 g/mol. The van der Waals surface area contributed by atoms with Crippen LogP contribution < -0.4 is 0 Å². The summed E-state index contributed by atoms with van der Waals surface area (Å²) >= 11 is 0. The van der Waals surface area contributed by atoms with Crippen LogP contribution >= 0.6 is 7.82 Å². The summed E-state index contributed by atoms with van der Waals surface area (Å²) in [5, 5.41) is 9.83. The second kappa shape index (κ2) is 57.6. The van der Waals surface area contributed by atoms with Gasteiger partial charge in [-0.1, -0.05) is 214 Å². The number of phosphoric acid groups is 1. The maximum atomic E-state index is 12.9. The molecule has 436 valence electrons. The summed E-state index contributed by atoms with van der Waals surface area (Å²) in [5.74, 6) is -1.52. The number of carbonyl (C=O) groups is 3. The Kier molecular flexibility index (Phi) is 54.8. The van der Waals surface area contributed by atoms with Gasteiger partial charge in [0, 0.05) is 19.3 Å². The number of aliphatic hydroxyl groups excluding tert-OH is 1. The quantitative estimate of drug-likeness (QED) is 0.0197. The molecule has 0 rings (SSSR count). The predicted molar refractivity (Wildman–Crippen MR) is 316 cm³/mol. The number of aliphatic hydroxyl groups is 1. The Hall–Kier alpha value is -3.60. The van der Waals surface area contributed by atoms with Crippen LogP contribution in [0.25, 0.3) is 0 Å². The van der Waals surface area contributed by atoms with E-state index < -0.39 is 57.8 Å². The van der Waals surface area contributed by atoms with Gasteiger partial charge in [0.2, 0.25) is 0 Å². The van der Waals surface area contributed by atoms with Crippen LogP contribution in [0.1, 0.15) is 252 Å². The van der Waals surface area contributed by atoms with Gasteiger partial charge in [0.15, 0.2) is 6.10 Å². The highest BCUT2D eigenvalue weighted by Crippen LogP contribution is 2.43. The molecule has 3 atom stereocenters. The minimum atomic E-state index is -4.77. The molecule has 2 N–H and O–H groups in total. The molecule has 0 saturated carbocycles. The molecular formula is C64H109O11P. The fourth-order valence-corrected chi connectivity index (χ4v) is 8.73. The van der Waals surface area contributed by atoms with Gasteiger partial charge in [-0.15, -0.1) is 0 Å². The van der Waals surface area contributed by atoms with E-state index in [1.165, 1.54) is 57.8 Å². The summed E-state index contributed by atoms with van der Waals surface area (Å²) in [6.07, 6.45) is 67.9. The van der Waals surface area contributed by atoms with Gasteiger partial charge in [0.25, 0.3) is 0 Å². The van der Waals surface area contributed by atoms with E-state index >= 15 is 0 Å². The molecule has 0 aromatic rings. The number of ether oxygens (including phenoxy) is 3. The summed E-state index contributed by atoms with van der Waals surface area (Å²) in [5.41, 5.74) is 0. The average molecular weight is 1090 g/mol. The minimum Gasteiger partial charge on any atom is -0.462 e. The summed E-state index contributed by atoms with van der Waals surface area (Å²) in [6.45, 7) is 4.37. The zero-order valence-electron chi connectivity index (χ0n) is 48.2. The number of rotatable bonds is 55. The molecule has 0 aliphatic heterocycles. The standard InChI is InChI=1S/C64H109O11P/c1-4-7-10-13-16-19-22-25-28-30-33-35-38-41-44-47-50-53-62(66)71-57-61(75-64(68)55-52-49-46-43-40-37-34-31-29-26-23-20-17-14-11-8-5-2)59-73-76(69,70)72-58-60(56-65)74-63(67)54-51-48-45-42-39-36-32-27-24-21-18-15-12-9-6-3/h7,9-10,12,16,18-19,21,25-29,32-33,35,60-61,65H,4-6,8,11,13-15,17,20,22-24,30-31,34,36-59H2,1-3H3,(H,69,70)/b10-7-,12-9-,19-16-,21-18-,28-25-,29-26-,32-27-,35-33-. The van der Waals surface area contributed by atoms with Gasteiger partial charge < -0.3 is 24.2 Å². The lowest BCUT2D eigenvalue weighted by Crippen LogP contribution is -2.30. The molecule has 0 saturated heterocycles. The number of phosphoric ester groups is 1. The molecule has 0 aliphatic rings. The van der Waals surface area contributed by atoms with Gasteiger partial charge in [-0.2, -0.15) is 0 Å². The van der Waals surface area contributed by atoms with Crippen LogP contribution in [0, 0.1) is 0 Å². The lowest BCUT2D eigenvalue weighted by atomic mass is 10.1. The highest BCUT2D eigenvalue weighted by Gasteiger charge is 2.28. The van der Waals surface area contributed by atoms with Gasteiger partial charge in [-0.3, -0.25) is 23.4 Å². The summed E-state index contributed by atoms with van der Waals surface area (Å²) in [6, 6.07) is 0. The van der Waals surface area contributed by atoms with E-state index in [0.29, 0.717) is 19.3 Å². The molecule has 11 nitrogen and oxygen atoms in total. The van der Waals surface area contributed by atoms with Gasteiger partial charge >= 0.3 is 25.7 Å². The lowest BCUT2D eigenvalue weighted by molar-refractivity contribution is -0.161. The Morgan fingerprint density at radius 2 is 0.684 bits per heavy atom. The second-order valence-electron chi connectivity index (χ2n) is 19.7. The smallest absolute Gasteiger partial charge is 0.462 e. The van der Waals surface area contributed by atoms with Crippen molar-refractivity contribution in [2.75, 3.05) is 26.4 Å². The van der Waals surface area contributed by atoms with Crippen molar-refractivity contribution in [3.05, 3.63) is 97.2 Å². The number of unbranched alkanes of at least 4 members (excludes halogenated alkanes) is 22. The third-order valence-electron chi connectivity index (χ3n) is 12.5. The molecule has 0 radical (unpaired) electrons. The molecule has 0 aromatic carbocycles. The Morgan fingerprint density at radius 1 is 0.382 bits per heavy atom. The fraction of sp³-hybridized carbons (Fsp3) is 0.703. The van der Waals surface area contributed by atoms with E-state index in [4.69, 9.17) is 23.3 Å². The number of carbonyl (C=O) groups excluding carboxylic acids is 3. The molecule has 76 heavy (non-hydrogen) atoms. The zero-order chi connectivity index (χ0) is 55.5. The molecule has 0 spiro atoms. The second-order valence-corrected chi connectivity index (χ2v) is 21.2. The van der Waals surface area contributed by atoms with Crippen LogP contribution in [0.5, 0.6) is 0 Å². The Morgan fingerprint density at radius 3 is 1.07 bits per heavy atom. The number of hydrogen-bond donors (Lipinski definition) is 2. The van der Waals surface area contributed by atoms with E-state index in [2.05, 4.69) is 118 Å². The normalized spacial score (nSPS) is 14.0. The molecule has 0 aliphatic carbocycles. The SMILES string of the molecule is CC/C=C\C/C=C\C/C=C\C/C=C\CCCCCCC(=O)OCC(COP(=O)(O)OCC(CO)OC(=O)CCCCCCC/C=C\C/C=C\C/C=C\CC)OC(=O)CCCCCCCCC/C=C\CCCCCCCC. The first-order valence-electron chi connectivity index (χ1n) is 30.1. The molecule has 0 fully saturated rings. The number of esters is 3. The van der Waals surface area contributed by atoms with Crippen molar-refractivity contribution < 1.29 is 52.2 Å². The summed E-state index contributed by atoms with van der Waals surface area (Å²) < 4.78 is 39.6. The van der Waals surface area contributed by atoms with E-state index in [-0.39, 0.29) is 25.9 Å².